The van der Waals surface area contributed by atoms with Gasteiger partial charge >= 0.3 is 36.0 Å². The Kier molecular flexibility index (Phi) is 5.53. The normalized spacial score (nSPS) is 37.8. The minimum absolute atomic E-state index is 0.108. The highest BCUT2D eigenvalue weighted by molar-refractivity contribution is 5.74. The van der Waals surface area contributed by atoms with Crippen LogP contribution in [0, 0.1) is 11.8 Å². The minimum Gasteiger partial charge on any atom is -0.396 e. The summed E-state index contributed by atoms with van der Waals surface area (Å²) in [5, 5.41) is 0. The molecular formula is C20H22F8O6. The number of carbonyl (C=O) groups excluding carboxylic acids is 2. The van der Waals surface area contributed by atoms with E-state index in [1.165, 1.54) is 0 Å². The van der Waals surface area contributed by atoms with Crippen LogP contribution in [0.15, 0.2) is 0 Å². The van der Waals surface area contributed by atoms with E-state index in [2.05, 4.69) is 9.47 Å². The van der Waals surface area contributed by atoms with Gasteiger partial charge < -0.3 is 18.9 Å². The number of hydrogen-bond acceptors (Lipinski definition) is 6. The molecule has 0 aromatic heterocycles. The Morgan fingerprint density at radius 2 is 1.03 bits per heavy atom. The predicted molar refractivity (Wildman–Crippen MR) is 93.2 cm³/mol. The van der Waals surface area contributed by atoms with Gasteiger partial charge in [-0.2, -0.15) is 35.1 Å². The SMILES string of the molecule is CC12CCC(C(=O)OC(F)(F)C(F)(F)C(F)(F)C(F)(F)OC(=O)C3CCC4(C)OC4C3)CC1O2. The summed E-state index contributed by atoms with van der Waals surface area (Å²) in [7, 11) is 0. The van der Waals surface area contributed by atoms with Crippen LogP contribution in [0.2, 0.25) is 0 Å². The van der Waals surface area contributed by atoms with E-state index in [0.717, 1.165) is 0 Å². The Balaban J connectivity index is 1.41. The molecule has 0 aromatic rings. The van der Waals surface area contributed by atoms with E-state index in [1.54, 1.807) is 13.8 Å². The van der Waals surface area contributed by atoms with Gasteiger partial charge in [-0.3, -0.25) is 9.59 Å². The van der Waals surface area contributed by atoms with E-state index in [4.69, 9.17) is 9.47 Å². The van der Waals surface area contributed by atoms with Gasteiger partial charge in [0.1, 0.15) is 0 Å². The van der Waals surface area contributed by atoms with Crippen molar-refractivity contribution in [3.05, 3.63) is 0 Å². The molecule has 0 aromatic carbocycles. The van der Waals surface area contributed by atoms with Crippen LogP contribution in [-0.2, 0) is 28.5 Å². The third-order valence-corrected chi connectivity index (χ3v) is 7.30. The molecule has 0 N–H and O–H groups in total. The van der Waals surface area contributed by atoms with Crippen molar-refractivity contribution in [2.45, 2.75) is 99.8 Å². The van der Waals surface area contributed by atoms with Crippen molar-refractivity contribution in [1.29, 1.82) is 0 Å². The van der Waals surface area contributed by atoms with Gasteiger partial charge in [0.25, 0.3) is 0 Å². The first-order valence-corrected chi connectivity index (χ1v) is 10.7. The lowest BCUT2D eigenvalue weighted by molar-refractivity contribution is -0.449. The summed E-state index contributed by atoms with van der Waals surface area (Å²) in [6.07, 6.45) is -13.9. The van der Waals surface area contributed by atoms with E-state index in [1.807, 2.05) is 0 Å². The van der Waals surface area contributed by atoms with Crippen molar-refractivity contribution in [3.8, 4) is 0 Å². The molecule has 0 spiro atoms. The monoisotopic (exact) mass is 510 g/mol. The number of esters is 2. The Hall–Kier alpha value is -1.70. The summed E-state index contributed by atoms with van der Waals surface area (Å²) in [6.45, 7) is 3.35. The number of alkyl halides is 8. The molecule has 2 aliphatic heterocycles. The number of fused-ring (bicyclic) bond motifs is 2. The number of hydrogen-bond donors (Lipinski definition) is 0. The van der Waals surface area contributed by atoms with Crippen LogP contribution >= 0.6 is 0 Å². The molecule has 0 amide bonds. The Morgan fingerprint density at radius 1 is 0.706 bits per heavy atom. The van der Waals surface area contributed by atoms with Crippen LogP contribution in [0.3, 0.4) is 0 Å². The Bertz CT molecular complexity index is 811. The van der Waals surface area contributed by atoms with Crippen LogP contribution in [0.5, 0.6) is 0 Å². The average molecular weight is 510 g/mol. The van der Waals surface area contributed by atoms with Gasteiger partial charge in [0.15, 0.2) is 0 Å². The molecule has 6 atom stereocenters. The smallest absolute Gasteiger partial charge is 0.396 e. The molecule has 2 aliphatic carbocycles. The number of ether oxygens (including phenoxy) is 4. The highest BCUT2D eigenvalue weighted by Crippen LogP contribution is 2.55. The van der Waals surface area contributed by atoms with Crippen molar-refractivity contribution < 1.29 is 63.7 Å². The van der Waals surface area contributed by atoms with E-state index in [-0.39, 0.29) is 38.5 Å². The molecule has 4 aliphatic rings. The summed E-state index contributed by atoms with van der Waals surface area (Å²) in [5.74, 6) is -20.5. The molecule has 2 saturated carbocycles. The highest BCUT2D eigenvalue weighted by atomic mass is 19.4. The van der Waals surface area contributed by atoms with E-state index in [9.17, 15) is 44.7 Å². The Labute approximate surface area is 188 Å². The second-order valence-corrected chi connectivity index (χ2v) is 9.81. The van der Waals surface area contributed by atoms with Crippen molar-refractivity contribution >= 4 is 11.9 Å². The fourth-order valence-electron chi connectivity index (χ4n) is 4.63. The van der Waals surface area contributed by atoms with Crippen molar-refractivity contribution in [2.75, 3.05) is 0 Å². The molecule has 4 rings (SSSR count). The molecule has 0 bridgehead atoms. The molecule has 6 nitrogen and oxygen atoms in total. The number of rotatable bonds is 7. The first kappa shape index (κ1) is 25.4. The first-order chi connectivity index (χ1) is 15.4. The second-order valence-electron chi connectivity index (χ2n) is 9.81. The molecule has 2 saturated heterocycles. The summed E-state index contributed by atoms with van der Waals surface area (Å²) in [5.41, 5.74) is -1.16. The van der Waals surface area contributed by atoms with Crippen molar-refractivity contribution in [3.63, 3.8) is 0 Å². The van der Waals surface area contributed by atoms with Gasteiger partial charge in [-0.1, -0.05) is 0 Å². The average Bonchev–Trinajstić information content (AvgIpc) is 3.57. The molecule has 194 valence electrons. The van der Waals surface area contributed by atoms with Crippen LogP contribution in [0.1, 0.15) is 52.4 Å². The largest absolute Gasteiger partial charge is 0.473 e. The fraction of sp³-hybridized carbons (Fsp3) is 0.900. The lowest BCUT2D eigenvalue weighted by atomic mass is 9.83. The minimum atomic E-state index is -6.91. The fourth-order valence-corrected chi connectivity index (χ4v) is 4.63. The maximum absolute atomic E-state index is 14.1. The van der Waals surface area contributed by atoms with Gasteiger partial charge in [-0.15, -0.1) is 0 Å². The van der Waals surface area contributed by atoms with Gasteiger partial charge in [0.2, 0.25) is 0 Å². The number of epoxide rings is 2. The zero-order chi connectivity index (χ0) is 25.5. The number of halogens is 8. The topological polar surface area (TPSA) is 77.7 Å². The molecule has 6 unspecified atom stereocenters. The molecule has 34 heavy (non-hydrogen) atoms. The van der Waals surface area contributed by atoms with Crippen LogP contribution in [0.4, 0.5) is 35.1 Å². The first-order valence-electron chi connectivity index (χ1n) is 10.7. The van der Waals surface area contributed by atoms with Gasteiger partial charge in [-0.05, 0) is 52.4 Å². The third-order valence-electron chi connectivity index (χ3n) is 7.30. The van der Waals surface area contributed by atoms with Crippen molar-refractivity contribution in [2.24, 2.45) is 11.8 Å². The lowest BCUT2D eigenvalue weighted by Crippen LogP contribution is -2.64. The third kappa shape index (κ3) is 3.94. The van der Waals surface area contributed by atoms with Crippen LogP contribution < -0.4 is 0 Å². The summed E-state index contributed by atoms with van der Waals surface area (Å²) < 4.78 is 129. The van der Waals surface area contributed by atoms with Gasteiger partial charge in [-0.25, -0.2) is 0 Å². The molecule has 14 heteroatoms. The zero-order valence-electron chi connectivity index (χ0n) is 18.0. The molecule has 4 fully saturated rings. The molecule has 2 heterocycles. The quantitative estimate of drug-likeness (QED) is 0.286. The lowest BCUT2D eigenvalue weighted by Gasteiger charge is -2.36. The molecule has 0 radical (unpaired) electrons. The molecular weight excluding hydrogens is 488 g/mol. The summed E-state index contributed by atoms with van der Waals surface area (Å²) in [6, 6.07) is 0. The second kappa shape index (κ2) is 7.40. The predicted octanol–water partition coefficient (Wildman–Crippen LogP) is 4.44. The maximum atomic E-state index is 14.1. The van der Waals surface area contributed by atoms with E-state index < -0.39 is 71.2 Å². The van der Waals surface area contributed by atoms with E-state index >= 15 is 0 Å². The summed E-state index contributed by atoms with van der Waals surface area (Å²) >= 11 is 0. The van der Waals surface area contributed by atoms with Crippen LogP contribution in [0.25, 0.3) is 0 Å². The van der Waals surface area contributed by atoms with Gasteiger partial charge in [0.05, 0.1) is 35.2 Å². The summed E-state index contributed by atoms with van der Waals surface area (Å²) in [4.78, 5) is 23.9. The van der Waals surface area contributed by atoms with Crippen molar-refractivity contribution in [1.82, 2.24) is 0 Å². The maximum Gasteiger partial charge on any atom is 0.473 e. The standard InChI is InChI=1S/C20H22F8O6/c1-15-5-3-9(7-11(15)31-15)13(29)33-19(25,26)17(21,22)18(23,24)20(27,28)34-14(30)10-4-6-16(2)12(8-10)32-16/h9-12H,3-8H2,1-2H3. The Morgan fingerprint density at radius 3 is 1.32 bits per heavy atom. The van der Waals surface area contributed by atoms with E-state index in [0.29, 0.717) is 0 Å². The zero-order valence-corrected chi connectivity index (χ0v) is 18.0. The highest BCUT2D eigenvalue weighted by Gasteiger charge is 2.85. The number of carbonyl (C=O) groups is 2. The van der Waals surface area contributed by atoms with Gasteiger partial charge in [0, 0.05) is 0 Å². The van der Waals surface area contributed by atoms with Crippen LogP contribution in [-0.4, -0.2) is 59.4 Å².